The first-order valence-corrected chi connectivity index (χ1v) is 5.66. The summed E-state index contributed by atoms with van der Waals surface area (Å²) in [5.74, 6) is -0.153. The van der Waals surface area contributed by atoms with Crippen molar-refractivity contribution in [2.45, 2.75) is 13.5 Å². The van der Waals surface area contributed by atoms with Gasteiger partial charge in [0.2, 0.25) is 5.82 Å². The Morgan fingerprint density at radius 3 is 2.84 bits per heavy atom. The molecule has 0 spiro atoms. The number of aryl methyl sites for hydroxylation is 1. The number of benzene rings is 1. The zero-order valence-electron chi connectivity index (χ0n) is 10.3. The van der Waals surface area contributed by atoms with E-state index in [1.807, 2.05) is 0 Å². The first-order chi connectivity index (χ1) is 9.06. The van der Waals surface area contributed by atoms with Crippen molar-refractivity contribution in [2.75, 3.05) is 5.32 Å². The second-order valence-electron chi connectivity index (χ2n) is 4.06. The number of hydrogen-bond acceptors (Lipinski definition) is 4. The highest BCUT2D eigenvalue weighted by atomic mass is 19.1. The largest absolute Gasteiger partial charge is 0.360 e. The number of hydrogen-bond donors (Lipinski definition) is 1. The fourth-order valence-electron chi connectivity index (χ4n) is 1.66. The molecule has 0 unspecified atom stereocenters. The molecule has 0 radical (unpaired) electrons. The van der Waals surface area contributed by atoms with Crippen molar-refractivity contribution in [3.05, 3.63) is 63.6 Å². The lowest BCUT2D eigenvalue weighted by atomic mass is 10.2. The van der Waals surface area contributed by atoms with Crippen molar-refractivity contribution in [1.29, 1.82) is 0 Å². The van der Waals surface area contributed by atoms with E-state index in [0.717, 1.165) is 0 Å². The van der Waals surface area contributed by atoms with Crippen LogP contribution in [0.15, 0.2) is 36.4 Å². The summed E-state index contributed by atoms with van der Waals surface area (Å²) in [4.78, 5) is 14.4. The first-order valence-electron chi connectivity index (χ1n) is 5.66. The van der Waals surface area contributed by atoms with Crippen LogP contribution in [-0.2, 0) is 6.54 Å². The number of aromatic nitrogens is 1. The summed E-state index contributed by atoms with van der Waals surface area (Å²) in [5.41, 5.74) is 1.27. The molecule has 1 heterocycles. The molecule has 2 rings (SSSR count). The predicted octanol–water partition coefficient (Wildman–Crippen LogP) is 3.05. The molecule has 1 aromatic heterocycles. The van der Waals surface area contributed by atoms with Gasteiger partial charge >= 0.3 is 5.69 Å². The number of nitro groups is 1. The summed E-state index contributed by atoms with van der Waals surface area (Å²) in [6.07, 6.45) is 0. The molecule has 0 amide bonds. The van der Waals surface area contributed by atoms with Gasteiger partial charge in [0.05, 0.1) is 4.92 Å². The fourth-order valence-corrected chi connectivity index (χ4v) is 1.66. The molecule has 98 valence electrons. The Balaban J connectivity index is 2.19. The molecule has 1 N–H and O–H groups in total. The quantitative estimate of drug-likeness (QED) is 0.678. The molecule has 19 heavy (non-hydrogen) atoms. The summed E-state index contributed by atoms with van der Waals surface area (Å²) < 4.78 is 13.0. The van der Waals surface area contributed by atoms with Crippen LogP contribution in [0, 0.1) is 22.9 Å². The highest BCUT2D eigenvalue weighted by Crippen LogP contribution is 2.22. The topological polar surface area (TPSA) is 68.1 Å². The van der Waals surface area contributed by atoms with E-state index >= 15 is 0 Å². The third-order valence-corrected chi connectivity index (χ3v) is 2.56. The van der Waals surface area contributed by atoms with Crippen LogP contribution in [-0.4, -0.2) is 9.91 Å². The van der Waals surface area contributed by atoms with Crippen LogP contribution in [0.3, 0.4) is 0 Å². The van der Waals surface area contributed by atoms with Gasteiger partial charge in [0.15, 0.2) is 0 Å². The molecule has 0 aliphatic rings. The molecule has 5 nitrogen and oxygen atoms in total. The number of rotatable bonds is 4. The Morgan fingerprint density at radius 1 is 1.37 bits per heavy atom. The molecule has 0 saturated heterocycles. The molecular weight excluding hydrogens is 249 g/mol. The van der Waals surface area contributed by atoms with E-state index < -0.39 is 4.92 Å². The zero-order valence-corrected chi connectivity index (χ0v) is 10.3. The highest BCUT2D eigenvalue weighted by Gasteiger charge is 2.14. The van der Waals surface area contributed by atoms with Crippen molar-refractivity contribution < 1.29 is 9.31 Å². The molecule has 6 heteroatoms. The van der Waals surface area contributed by atoms with Crippen LogP contribution in [0.5, 0.6) is 0 Å². The van der Waals surface area contributed by atoms with Gasteiger partial charge in [-0.15, -0.1) is 0 Å². The summed E-state index contributed by atoms with van der Waals surface area (Å²) in [6.45, 7) is 2.02. The monoisotopic (exact) mass is 261 g/mol. The van der Waals surface area contributed by atoms with Gasteiger partial charge < -0.3 is 5.32 Å². The number of anilines is 1. The van der Waals surface area contributed by atoms with Crippen LogP contribution in [0.25, 0.3) is 0 Å². The first kappa shape index (κ1) is 12.9. The third-order valence-electron chi connectivity index (χ3n) is 2.56. The van der Waals surface area contributed by atoms with Crippen molar-refractivity contribution in [2.24, 2.45) is 0 Å². The van der Waals surface area contributed by atoms with Crippen molar-refractivity contribution >= 4 is 11.5 Å². The molecular formula is C13H12FN3O2. The molecule has 0 bridgehead atoms. The summed E-state index contributed by atoms with van der Waals surface area (Å²) in [7, 11) is 0. The lowest BCUT2D eigenvalue weighted by molar-refractivity contribution is -0.384. The minimum absolute atomic E-state index is 0.0954. The van der Waals surface area contributed by atoms with Crippen molar-refractivity contribution in [1.82, 2.24) is 4.98 Å². The van der Waals surface area contributed by atoms with Gasteiger partial charge in [-0.2, -0.15) is 0 Å². The standard InChI is InChI=1S/C13H12FN3O2/c1-9-5-6-12(17(18)19)13(16-9)15-8-10-3-2-4-11(14)7-10/h2-7H,8H2,1H3,(H,15,16). The highest BCUT2D eigenvalue weighted by molar-refractivity contribution is 5.56. The number of halogens is 1. The van der Waals surface area contributed by atoms with Crippen LogP contribution in [0.4, 0.5) is 15.9 Å². The van der Waals surface area contributed by atoms with Crippen molar-refractivity contribution in [3.63, 3.8) is 0 Å². The maximum absolute atomic E-state index is 13.0. The van der Waals surface area contributed by atoms with E-state index in [-0.39, 0.29) is 23.9 Å². The average Bonchev–Trinajstić information content (AvgIpc) is 2.36. The normalized spacial score (nSPS) is 10.2. The number of pyridine rings is 1. The van der Waals surface area contributed by atoms with E-state index in [1.54, 1.807) is 25.1 Å². The van der Waals surface area contributed by atoms with Gasteiger partial charge in [-0.1, -0.05) is 12.1 Å². The SMILES string of the molecule is Cc1ccc([N+](=O)[O-])c(NCc2cccc(F)c2)n1. The Bertz CT molecular complexity index is 617. The van der Waals surface area contributed by atoms with Crippen LogP contribution in [0.2, 0.25) is 0 Å². The minimum atomic E-state index is -0.500. The molecule has 0 saturated carbocycles. The smallest absolute Gasteiger partial charge is 0.311 e. The van der Waals surface area contributed by atoms with Crippen LogP contribution in [0.1, 0.15) is 11.3 Å². The van der Waals surface area contributed by atoms with Gasteiger partial charge in [0.25, 0.3) is 0 Å². The fraction of sp³-hybridized carbons (Fsp3) is 0.154. The van der Waals surface area contributed by atoms with Gasteiger partial charge in [0.1, 0.15) is 5.82 Å². The van der Waals surface area contributed by atoms with Crippen molar-refractivity contribution in [3.8, 4) is 0 Å². The van der Waals surface area contributed by atoms with Gasteiger partial charge in [-0.3, -0.25) is 10.1 Å². The summed E-state index contributed by atoms with van der Waals surface area (Å²) in [6, 6.07) is 9.01. The average molecular weight is 261 g/mol. The Kier molecular flexibility index (Phi) is 3.70. The lowest BCUT2D eigenvalue weighted by Crippen LogP contribution is -2.05. The van der Waals surface area contributed by atoms with E-state index in [1.165, 1.54) is 18.2 Å². The zero-order chi connectivity index (χ0) is 13.8. The van der Waals surface area contributed by atoms with Crippen LogP contribution >= 0.6 is 0 Å². The second-order valence-corrected chi connectivity index (χ2v) is 4.06. The summed E-state index contributed by atoms with van der Waals surface area (Å²) in [5, 5.41) is 13.7. The van der Waals surface area contributed by atoms with E-state index in [2.05, 4.69) is 10.3 Å². The predicted molar refractivity (Wildman–Crippen MR) is 69.4 cm³/mol. The van der Waals surface area contributed by atoms with E-state index in [0.29, 0.717) is 11.3 Å². The van der Waals surface area contributed by atoms with Gasteiger partial charge in [-0.05, 0) is 30.7 Å². The summed E-state index contributed by atoms with van der Waals surface area (Å²) >= 11 is 0. The maximum atomic E-state index is 13.0. The molecule has 2 aromatic rings. The molecule has 1 aromatic carbocycles. The minimum Gasteiger partial charge on any atom is -0.360 e. The van der Waals surface area contributed by atoms with E-state index in [9.17, 15) is 14.5 Å². The Labute approximate surface area is 109 Å². The van der Waals surface area contributed by atoms with Gasteiger partial charge in [-0.25, -0.2) is 9.37 Å². The van der Waals surface area contributed by atoms with Gasteiger partial charge in [0, 0.05) is 18.3 Å². The molecule has 0 fully saturated rings. The lowest BCUT2D eigenvalue weighted by Gasteiger charge is -2.07. The second kappa shape index (κ2) is 5.43. The molecule has 0 aliphatic carbocycles. The van der Waals surface area contributed by atoms with E-state index in [4.69, 9.17) is 0 Å². The Hall–Kier alpha value is -2.50. The third kappa shape index (κ3) is 3.25. The number of nitrogens with one attached hydrogen (secondary N) is 1. The molecule has 0 atom stereocenters. The maximum Gasteiger partial charge on any atom is 0.311 e. The Morgan fingerprint density at radius 2 is 2.16 bits per heavy atom. The number of nitrogens with zero attached hydrogens (tertiary/aromatic N) is 2. The van der Waals surface area contributed by atoms with Crippen LogP contribution < -0.4 is 5.32 Å². The molecule has 0 aliphatic heterocycles.